The monoisotopic (exact) mass is 359 g/mol. The molecular weight excluding hydrogens is 345 g/mol. The third kappa shape index (κ3) is 3.20. The van der Waals surface area contributed by atoms with Crippen LogP contribution >= 0.6 is 0 Å². The van der Waals surface area contributed by atoms with Crippen LogP contribution < -0.4 is 11.0 Å². The van der Waals surface area contributed by atoms with Crippen molar-refractivity contribution in [2.45, 2.75) is 0 Å². The van der Waals surface area contributed by atoms with Crippen molar-refractivity contribution in [1.82, 2.24) is 9.66 Å². The molecule has 0 radical (unpaired) electrons. The summed E-state index contributed by atoms with van der Waals surface area (Å²) < 4.78 is 14.2. The molecule has 1 N–H and O–H groups in total. The Hall–Kier alpha value is -3.80. The zero-order valence-corrected chi connectivity index (χ0v) is 14.1. The number of hydrogen-bond donors (Lipinski definition) is 1. The summed E-state index contributed by atoms with van der Waals surface area (Å²) in [4.78, 5) is 30.1. The summed E-state index contributed by atoms with van der Waals surface area (Å²) in [6, 6.07) is 21.1. The van der Waals surface area contributed by atoms with Crippen molar-refractivity contribution in [1.29, 1.82) is 0 Å². The summed E-state index contributed by atoms with van der Waals surface area (Å²) in [5, 5.41) is 0.386. The van der Waals surface area contributed by atoms with Gasteiger partial charge in [-0.3, -0.25) is 15.0 Å². The number of nitrogens with one attached hydrogen (secondary N) is 1. The lowest BCUT2D eigenvalue weighted by Gasteiger charge is -2.14. The number of carbonyl (C=O) groups excluding carboxylic acids is 1. The molecule has 0 bridgehead atoms. The van der Waals surface area contributed by atoms with Crippen LogP contribution in [-0.4, -0.2) is 15.6 Å². The quantitative estimate of drug-likeness (QED) is 0.608. The van der Waals surface area contributed by atoms with Gasteiger partial charge in [-0.1, -0.05) is 42.5 Å². The van der Waals surface area contributed by atoms with Gasteiger partial charge in [0.25, 0.3) is 11.5 Å². The van der Waals surface area contributed by atoms with Crippen LogP contribution in [0.1, 0.15) is 10.4 Å². The van der Waals surface area contributed by atoms with Crippen molar-refractivity contribution >= 4 is 16.8 Å². The van der Waals surface area contributed by atoms with Crippen LogP contribution in [-0.2, 0) is 0 Å². The first kappa shape index (κ1) is 16.7. The van der Waals surface area contributed by atoms with Crippen LogP contribution in [0.2, 0.25) is 0 Å². The predicted octanol–water partition coefficient (Wildman–Crippen LogP) is 3.59. The van der Waals surface area contributed by atoms with Crippen LogP contribution in [0.25, 0.3) is 22.3 Å². The molecule has 5 nitrogen and oxygen atoms in total. The molecular formula is C21H14FN3O2. The molecule has 0 aliphatic rings. The number of halogens is 1. The van der Waals surface area contributed by atoms with Gasteiger partial charge >= 0.3 is 0 Å². The van der Waals surface area contributed by atoms with Gasteiger partial charge in [0, 0.05) is 11.1 Å². The lowest BCUT2D eigenvalue weighted by atomic mass is 10.2. The van der Waals surface area contributed by atoms with Gasteiger partial charge in [-0.25, -0.2) is 9.37 Å². The van der Waals surface area contributed by atoms with E-state index in [9.17, 15) is 14.0 Å². The van der Waals surface area contributed by atoms with Gasteiger partial charge in [0.2, 0.25) is 0 Å². The first-order valence-corrected chi connectivity index (χ1v) is 8.27. The molecule has 0 spiro atoms. The summed E-state index contributed by atoms with van der Waals surface area (Å²) in [5.41, 5.74) is 3.64. The Bertz CT molecular complexity index is 1190. The first-order chi connectivity index (χ1) is 13.1. The normalized spacial score (nSPS) is 10.7. The Morgan fingerprint density at radius 1 is 0.889 bits per heavy atom. The maximum absolute atomic E-state index is 13.1. The van der Waals surface area contributed by atoms with Gasteiger partial charge in [-0.2, -0.15) is 4.68 Å². The van der Waals surface area contributed by atoms with E-state index in [0.717, 1.165) is 4.68 Å². The van der Waals surface area contributed by atoms with E-state index < -0.39 is 17.3 Å². The van der Waals surface area contributed by atoms with Crippen LogP contribution in [0.5, 0.6) is 0 Å². The second kappa shape index (κ2) is 6.84. The van der Waals surface area contributed by atoms with E-state index in [1.54, 1.807) is 36.4 Å². The highest BCUT2D eigenvalue weighted by atomic mass is 19.1. The molecule has 0 unspecified atom stereocenters. The fourth-order valence-corrected chi connectivity index (χ4v) is 2.78. The number of carbonyl (C=O) groups is 1. The highest BCUT2D eigenvalue weighted by molar-refractivity contribution is 6.00. The number of hydrogen-bond acceptors (Lipinski definition) is 3. The smallest absolute Gasteiger partial charge is 0.267 e. The highest BCUT2D eigenvalue weighted by Gasteiger charge is 2.15. The van der Waals surface area contributed by atoms with E-state index in [2.05, 4.69) is 10.4 Å². The van der Waals surface area contributed by atoms with Gasteiger partial charge in [-0.05, 0) is 36.4 Å². The van der Waals surface area contributed by atoms with Gasteiger partial charge in [0.15, 0.2) is 5.82 Å². The first-order valence-electron chi connectivity index (χ1n) is 8.27. The summed E-state index contributed by atoms with van der Waals surface area (Å²) in [7, 11) is 0. The minimum Gasteiger partial charge on any atom is -0.267 e. The van der Waals surface area contributed by atoms with Crippen LogP contribution in [0.15, 0.2) is 83.7 Å². The second-order valence-corrected chi connectivity index (χ2v) is 5.91. The van der Waals surface area contributed by atoms with Gasteiger partial charge in [0.1, 0.15) is 5.82 Å². The predicted molar refractivity (Wildman–Crippen MR) is 102 cm³/mol. The number of para-hydroxylation sites is 1. The summed E-state index contributed by atoms with van der Waals surface area (Å²) in [6.45, 7) is 0. The largest absolute Gasteiger partial charge is 0.280 e. The molecule has 0 aliphatic carbocycles. The average molecular weight is 359 g/mol. The van der Waals surface area contributed by atoms with Crippen molar-refractivity contribution in [2.24, 2.45) is 0 Å². The zero-order chi connectivity index (χ0) is 18.8. The molecule has 1 amide bonds. The molecule has 0 saturated heterocycles. The third-order valence-electron chi connectivity index (χ3n) is 4.13. The number of rotatable bonds is 3. The Morgan fingerprint density at radius 2 is 1.56 bits per heavy atom. The zero-order valence-electron chi connectivity index (χ0n) is 14.1. The van der Waals surface area contributed by atoms with E-state index in [-0.39, 0.29) is 5.56 Å². The van der Waals surface area contributed by atoms with E-state index >= 15 is 0 Å². The molecule has 0 saturated carbocycles. The summed E-state index contributed by atoms with van der Waals surface area (Å²) in [6.07, 6.45) is 0. The molecule has 0 fully saturated rings. The molecule has 132 valence electrons. The SMILES string of the molecule is O=C(Nn1c(-c2ccccc2)nc2ccccc2c1=O)c1ccc(F)cc1. The lowest BCUT2D eigenvalue weighted by Crippen LogP contribution is -2.35. The van der Waals surface area contributed by atoms with Crippen molar-refractivity contribution in [3.8, 4) is 11.4 Å². The van der Waals surface area contributed by atoms with Crippen LogP contribution in [0.3, 0.4) is 0 Å². The third-order valence-corrected chi connectivity index (χ3v) is 4.13. The van der Waals surface area contributed by atoms with Gasteiger partial charge in [0.05, 0.1) is 10.9 Å². The molecule has 3 aromatic carbocycles. The molecule has 1 heterocycles. The van der Waals surface area contributed by atoms with Crippen molar-refractivity contribution in [2.75, 3.05) is 5.43 Å². The standard InChI is InChI=1S/C21H14FN3O2/c22-16-12-10-15(11-13-16)20(26)24-25-19(14-6-2-1-3-7-14)23-18-9-5-4-8-17(18)21(25)27/h1-13H,(H,24,26). The maximum Gasteiger partial charge on any atom is 0.280 e. The average Bonchev–Trinajstić information content (AvgIpc) is 2.71. The van der Waals surface area contributed by atoms with Gasteiger partial charge in [-0.15, -0.1) is 0 Å². The Morgan fingerprint density at radius 3 is 2.30 bits per heavy atom. The maximum atomic E-state index is 13.1. The summed E-state index contributed by atoms with van der Waals surface area (Å²) >= 11 is 0. The molecule has 0 aliphatic heterocycles. The van der Waals surface area contributed by atoms with Crippen LogP contribution in [0.4, 0.5) is 4.39 Å². The summed E-state index contributed by atoms with van der Waals surface area (Å²) in [5.74, 6) is -0.665. The minimum atomic E-state index is -0.536. The van der Waals surface area contributed by atoms with Crippen molar-refractivity contribution in [3.05, 3.63) is 101 Å². The molecule has 0 atom stereocenters. The fourth-order valence-electron chi connectivity index (χ4n) is 2.78. The Labute approximate surface area is 153 Å². The highest BCUT2D eigenvalue weighted by Crippen LogP contribution is 2.18. The second-order valence-electron chi connectivity index (χ2n) is 5.91. The number of nitrogens with zero attached hydrogens (tertiary/aromatic N) is 2. The molecule has 4 rings (SSSR count). The Kier molecular flexibility index (Phi) is 4.22. The topological polar surface area (TPSA) is 64.0 Å². The molecule has 27 heavy (non-hydrogen) atoms. The Balaban J connectivity index is 1.87. The van der Waals surface area contributed by atoms with E-state index in [1.807, 2.05) is 18.2 Å². The number of aromatic nitrogens is 2. The van der Waals surface area contributed by atoms with Crippen molar-refractivity contribution < 1.29 is 9.18 Å². The number of fused-ring (bicyclic) bond motifs is 1. The fraction of sp³-hybridized carbons (Fsp3) is 0. The van der Waals surface area contributed by atoms with E-state index in [1.165, 1.54) is 24.3 Å². The molecule has 4 aromatic rings. The van der Waals surface area contributed by atoms with E-state index in [0.29, 0.717) is 22.3 Å². The number of benzene rings is 3. The van der Waals surface area contributed by atoms with E-state index in [4.69, 9.17) is 0 Å². The van der Waals surface area contributed by atoms with Gasteiger partial charge < -0.3 is 0 Å². The molecule has 1 aromatic heterocycles. The van der Waals surface area contributed by atoms with Crippen molar-refractivity contribution in [3.63, 3.8) is 0 Å². The number of amides is 1. The lowest BCUT2D eigenvalue weighted by molar-refractivity contribution is 0.101. The minimum absolute atomic E-state index is 0.232. The molecule has 6 heteroatoms. The van der Waals surface area contributed by atoms with Crippen LogP contribution in [0, 0.1) is 5.82 Å².